The van der Waals surface area contributed by atoms with Gasteiger partial charge in [0.05, 0.1) is 16.9 Å². The fourth-order valence-electron chi connectivity index (χ4n) is 4.04. The molecule has 2 aromatic rings. The highest BCUT2D eigenvalue weighted by atomic mass is 32.2. The molecular weight excluding hydrogens is 416 g/mol. The van der Waals surface area contributed by atoms with Gasteiger partial charge in [-0.1, -0.05) is 36.4 Å². The zero-order valence-electron chi connectivity index (χ0n) is 17.8. The highest BCUT2D eigenvalue weighted by molar-refractivity contribution is 7.89. The van der Waals surface area contributed by atoms with E-state index in [1.54, 1.807) is 19.1 Å². The minimum atomic E-state index is -3.86. The molecule has 7 nitrogen and oxygen atoms in total. The zero-order valence-corrected chi connectivity index (χ0v) is 18.7. The van der Waals surface area contributed by atoms with E-state index in [0.717, 1.165) is 5.56 Å². The van der Waals surface area contributed by atoms with Crippen molar-refractivity contribution in [3.05, 3.63) is 60.2 Å². The summed E-state index contributed by atoms with van der Waals surface area (Å²) in [5, 5.41) is 2.61. The predicted octanol–water partition coefficient (Wildman–Crippen LogP) is 3.22. The van der Waals surface area contributed by atoms with Crippen LogP contribution < -0.4 is 5.32 Å². The van der Waals surface area contributed by atoms with Gasteiger partial charge in [-0.05, 0) is 49.9 Å². The Kier molecular flexibility index (Phi) is 7.12. The Morgan fingerprint density at radius 2 is 1.87 bits per heavy atom. The number of esters is 1. The van der Waals surface area contributed by atoms with Gasteiger partial charge in [0.15, 0.2) is 0 Å². The number of anilines is 1. The second-order valence-corrected chi connectivity index (χ2v) is 9.75. The molecule has 166 valence electrons. The molecule has 0 spiro atoms. The van der Waals surface area contributed by atoms with Gasteiger partial charge in [0, 0.05) is 25.7 Å². The Morgan fingerprint density at radius 1 is 1.13 bits per heavy atom. The van der Waals surface area contributed by atoms with E-state index in [2.05, 4.69) is 5.32 Å². The number of carbonyl (C=O) groups excluding carboxylic acids is 2. The van der Waals surface area contributed by atoms with Crippen molar-refractivity contribution in [1.82, 2.24) is 4.31 Å². The summed E-state index contributed by atoms with van der Waals surface area (Å²) in [6, 6.07) is 15.7. The summed E-state index contributed by atoms with van der Waals surface area (Å²) in [5.41, 5.74) is 0.423. The Balaban J connectivity index is 1.93. The molecule has 0 radical (unpaired) electrons. The van der Waals surface area contributed by atoms with E-state index in [-0.39, 0.29) is 29.9 Å². The van der Waals surface area contributed by atoms with Crippen molar-refractivity contribution >= 4 is 27.6 Å². The molecule has 1 saturated heterocycles. The van der Waals surface area contributed by atoms with Gasteiger partial charge in [0.2, 0.25) is 15.9 Å². The van der Waals surface area contributed by atoms with Crippen molar-refractivity contribution in [2.24, 2.45) is 5.41 Å². The Labute approximate surface area is 183 Å². The van der Waals surface area contributed by atoms with E-state index >= 15 is 0 Å². The number of hydrogen-bond acceptors (Lipinski definition) is 5. The first-order valence-electron chi connectivity index (χ1n) is 10.4. The first-order chi connectivity index (χ1) is 14.8. The lowest BCUT2D eigenvalue weighted by atomic mass is 9.75. The number of sulfonamides is 1. The number of ether oxygens (including phenoxy) is 1. The number of nitrogens with zero attached hydrogens (tertiary/aromatic N) is 1. The molecule has 1 aliphatic heterocycles. The minimum Gasteiger partial charge on any atom is -0.466 e. The molecule has 3 rings (SSSR count). The summed E-state index contributed by atoms with van der Waals surface area (Å²) >= 11 is 0. The molecule has 1 fully saturated rings. The minimum absolute atomic E-state index is 0.0490. The van der Waals surface area contributed by atoms with Gasteiger partial charge in [-0.15, -0.1) is 0 Å². The molecule has 0 aromatic heterocycles. The quantitative estimate of drug-likeness (QED) is 0.662. The van der Waals surface area contributed by atoms with E-state index in [4.69, 9.17) is 4.74 Å². The fourth-order valence-corrected chi connectivity index (χ4v) is 5.65. The molecule has 1 heterocycles. The van der Waals surface area contributed by atoms with Crippen LogP contribution in [0.25, 0.3) is 0 Å². The molecule has 0 bridgehead atoms. The SMILES string of the molecule is CCOC(=O)[C@@]1(Cc2ccccc2)CCCN(S(=O)(=O)c2cccc(NC(C)=O)c2)C1. The van der Waals surface area contributed by atoms with Crippen LogP contribution >= 0.6 is 0 Å². The van der Waals surface area contributed by atoms with Crippen LogP contribution in [0.5, 0.6) is 0 Å². The van der Waals surface area contributed by atoms with Crippen LogP contribution in [-0.2, 0) is 30.8 Å². The fraction of sp³-hybridized carbons (Fsp3) is 0.391. The average molecular weight is 445 g/mol. The van der Waals surface area contributed by atoms with E-state index in [0.29, 0.717) is 31.5 Å². The standard InChI is InChI=1S/C23H28N2O5S/c1-3-30-22(27)23(16-19-9-5-4-6-10-19)13-8-14-25(17-23)31(28,29)21-12-7-11-20(15-21)24-18(2)26/h4-7,9-12,15H,3,8,13-14,16-17H2,1-2H3,(H,24,26)/t23-/m1/s1. The topological polar surface area (TPSA) is 92.8 Å². The lowest BCUT2D eigenvalue weighted by molar-refractivity contribution is -0.157. The molecule has 2 aromatic carbocycles. The number of hydrogen-bond donors (Lipinski definition) is 1. The van der Waals surface area contributed by atoms with Crippen molar-refractivity contribution in [2.75, 3.05) is 25.0 Å². The third-order valence-corrected chi connectivity index (χ3v) is 7.27. The van der Waals surface area contributed by atoms with Crippen LogP contribution in [-0.4, -0.2) is 44.3 Å². The summed E-state index contributed by atoms with van der Waals surface area (Å²) in [5.74, 6) is -0.651. The molecule has 0 aliphatic carbocycles. The van der Waals surface area contributed by atoms with Gasteiger partial charge in [-0.3, -0.25) is 9.59 Å². The Morgan fingerprint density at radius 3 is 2.55 bits per heavy atom. The van der Waals surface area contributed by atoms with Gasteiger partial charge < -0.3 is 10.1 Å². The van der Waals surface area contributed by atoms with Gasteiger partial charge >= 0.3 is 5.97 Å². The maximum Gasteiger partial charge on any atom is 0.313 e. The molecule has 31 heavy (non-hydrogen) atoms. The number of nitrogens with one attached hydrogen (secondary N) is 1. The van der Waals surface area contributed by atoms with Crippen molar-refractivity contribution < 1.29 is 22.7 Å². The third kappa shape index (κ3) is 5.32. The van der Waals surface area contributed by atoms with Crippen molar-refractivity contribution in [1.29, 1.82) is 0 Å². The number of amides is 1. The molecule has 1 N–H and O–H groups in total. The first-order valence-corrected chi connectivity index (χ1v) is 11.8. The summed E-state index contributed by atoms with van der Waals surface area (Å²) in [6.07, 6.45) is 1.51. The van der Waals surface area contributed by atoms with Crippen LogP contribution in [0.4, 0.5) is 5.69 Å². The van der Waals surface area contributed by atoms with E-state index in [1.807, 2.05) is 30.3 Å². The van der Waals surface area contributed by atoms with E-state index in [1.165, 1.54) is 23.4 Å². The number of rotatable bonds is 7. The third-order valence-electron chi connectivity index (χ3n) is 5.43. The first kappa shape index (κ1) is 23.0. The lowest BCUT2D eigenvalue weighted by Gasteiger charge is -2.40. The van der Waals surface area contributed by atoms with Gasteiger partial charge in [-0.2, -0.15) is 4.31 Å². The van der Waals surface area contributed by atoms with Crippen molar-refractivity contribution in [3.8, 4) is 0 Å². The molecule has 1 aliphatic rings. The monoisotopic (exact) mass is 444 g/mol. The van der Waals surface area contributed by atoms with Gasteiger partial charge in [0.25, 0.3) is 0 Å². The Hall–Kier alpha value is -2.71. The Bertz CT molecular complexity index is 1040. The summed E-state index contributed by atoms with van der Waals surface area (Å²) in [4.78, 5) is 24.4. The molecule has 0 unspecified atom stereocenters. The van der Waals surface area contributed by atoms with Crippen molar-refractivity contribution in [3.63, 3.8) is 0 Å². The van der Waals surface area contributed by atoms with E-state index in [9.17, 15) is 18.0 Å². The lowest BCUT2D eigenvalue weighted by Crippen LogP contribution is -2.51. The average Bonchev–Trinajstić information content (AvgIpc) is 2.74. The number of piperidine rings is 1. The van der Waals surface area contributed by atoms with Crippen LogP contribution in [0.15, 0.2) is 59.5 Å². The number of benzene rings is 2. The smallest absolute Gasteiger partial charge is 0.313 e. The van der Waals surface area contributed by atoms with Crippen LogP contribution in [0.2, 0.25) is 0 Å². The second kappa shape index (κ2) is 9.62. The van der Waals surface area contributed by atoms with Crippen LogP contribution in [0.1, 0.15) is 32.3 Å². The van der Waals surface area contributed by atoms with Crippen molar-refractivity contribution in [2.45, 2.75) is 38.0 Å². The summed E-state index contributed by atoms with van der Waals surface area (Å²) in [6.45, 7) is 3.72. The molecule has 1 atom stereocenters. The van der Waals surface area contributed by atoms with Gasteiger partial charge in [-0.25, -0.2) is 8.42 Å². The molecule has 8 heteroatoms. The maximum absolute atomic E-state index is 13.4. The van der Waals surface area contributed by atoms with Crippen LogP contribution in [0.3, 0.4) is 0 Å². The summed E-state index contributed by atoms with van der Waals surface area (Å²) < 4.78 is 33.6. The highest BCUT2D eigenvalue weighted by Crippen LogP contribution is 2.37. The highest BCUT2D eigenvalue weighted by Gasteiger charge is 2.46. The van der Waals surface area contributed by atoms with E-state index < -0.39 is 15.4 Å². The predicted molar refractivity (Wildman–Crippen MR) is 118 cm³/mol. The molecule has 1 amide bonds. The van der Waals surface area contributed by atoms with Gasteiger partial charge in [0.1, 0.15) is 0 Å². The molecular formula is C23H28N2O5S. The maximum atomic E-state index is 13.4. The van der Waals surface area contributed by atoms with Crippen LogP contribution in [0, 0.1) is 5.41 Å². The molecule has 0 saturated carbocycles. The second-order valence-electron chi connectivity index (χ2n) is 7.81. The number of carbonyl (C=O) groups is 2. The summed E-state index contributed by atoms with van der Waals surface area (Å²) in [7, 11) is -3.86. The zero-order chi connectivity index (χ0) is 22.5. The largest absolute Gasteiger partial charge is 0.466 e. The normalized spacial score (nSPS) is 19.5.